The lowest BCUT2D eigenvalue weighted by Gasteiger charge is -2.34. The first kappa shape index (κ1) is 16.1. The number of aliphatic carboxylic acids is 1. The Hall–Kier alpha value is -1.40. The topological polar surface area (TPSA) is 66.8 Å². The minimum Gasteiger partial charge on any atom is -0.481 e. The number of hydrogen-bond donors (Lipinski definition) is 1. The average molecular weight is 394 g/mol. The van der Waals surface area contributed by atoms with Crippen LogP contribution in [-0.2, 0) is 19.7 Å². The molecule has 0 aromatic heterocycles. The van der Waals surface area contributed by atoms with Crippen molar-refractivity contribution in [1.82, 2.24) is 4.90 Å². The third-order valence-corrected chi connectivity index (χ3v) is 6.50. The Morgan fingerprint density at radius 2 is 1.92 bits per heavy atom. The standard InChI is InChI=1S/C18H20BrNO4/c19-14-3-1-12(2-4-14)17(5-6-17)15(21)20-9-13-10-24-8-7-18(13,11-20)16(22)23/h1-4,13H,5-11H2,(H,22,23)/t13-,18+/m0/s1. The summed E-state index contributed by atoms with van der Waals surface area (Å²) < 4.78 is 6.47. The fourth-order valence-corrected chi connectivity index (χ4v) is 4.54. The number of rotatable bonds is 3. The maximum absolute atomic E-state index is 13.2. The first-order valence-corrected chi connectivity index (χ1v) is 9.14. The van der Waals surface area contributed by atoms with Crippen LogP contribution in [0.15, 0.2) is 28.7 Å². The summed E-state index contributed by atoms with van der Waals surface area (Å²) in [6, 6.07) is 7.90. The zero-order valence-electron chi connectivity index (χ0n) is 13.3. The number of halogens is 1. The number of carbonyl (C=O) groups is 2. The van der Waals surface area contributed by atoms with Gasteiger partial charge in [0, 0.05) is 30.1 Å². The molecule has 6 heteroatoms. The molecular weight excluding hydrogens is 374 g/mol. The zero-order chi connectivity index (χ0) is 16.9. The number of likely N-dealkylation sites (tertiary alicyclic amines) is 1. The van der Waals surface area contributed by atoms with Gasteiger partial charge in [0.15, 0.2) is 0 Å². The molecule has 2 heterocycles. The van der Waals surface area contributed by atoms with Crippen LogP contribution in [0.1, 0.15) is 24.8 Å². The molecule has 1 aromatic rings. The van der Waals surface area contributed by atoms with Gasteiger partial charge in [-0.15, -0.1) is 0 Å². The predicted octanol–water partition coefficient (Wildman–Crippen LogP) is 2.43. The Morgan fingerprint density at radius 3 is 2.50 bits per heavy atom. The number of ether oxygens (including phenoxy) is 1. The van der Waals surface area contributed by atoms with Gasteiger partial charge in [-0.3, -0.25) is 9.59 Å². The molecule has 24 heavy (non-hydrogen) atoms. The SMILES string of the molecule is O=C(N1C[C@H]2COCC[C@@]2(C(=O)O)C1)C1(c2ccc(Br)cc2)CC1. The summed E-state index contributed by atoms with van der Waals surface area (Å²) in [7, 11) is 0. The highest BCUT2D eigenvalue weighted by molar-refractivity contribution is 9.10. The Balaban J connectivity index is 1.59. The fourth-order valence-electron chi connectivity index (χ4n) is 4.28. The molecule has 1 amide bonds. The number of carbonyl (C=O) groups excluding carboxylic acids is 1. The lowest BCUT2D eigenvalue weighted by atomic mass is 9.74. The van der Waals surface area contributed by atoms with E-state index in [0.717, 1.165) is 22.9 Å². The first-order valence-electron chi connectivity index (χ1n) is 8.35. The molecule has 5 nitrogen and oxygen atoms in total. The molecule has 0 radical (unpaired) electrons. The van der Waals surface area contributed by atoms with Crippen LogP contribution in [0.4, 0.5) is 0 Å². The first-order chi connectivity index (χ1) is 11.5. The highest BCUT2D eigenvalue weighted by Gasteiger charge is 2.59. The maximum Gasteiger partial charge on any atom is 0.311 e. The van der Waals surface area contributed by atoms with Crippen molar-refractivity contribution in [2.24, 2.45) is 11.3 Å². The quantitative estimate of drug-likeness (QED) is 0.855. The minimum absolute atomic E-state index is 0.0832. The van der Waals surface area contributed by atoms with E-state index in [1.165, 1.54) is 0 Å². The molecular formula is C18H20BrNO4. The second kappa shape index (κ2) is 5.56. The van der Waals surface area contributed by atoms with Gasteiger partial charge in [-0.25, -0.2) is 0 Å². The maximum atomic E-state index is 13.2. The summed E-state index contributed by atoms with van der Waals surface area (Å²) in [6.45, 7) is 1.70. The number of amides is 1. The minimum atomic E-state index is -0.830. The summed E-state index contributed by atoms with van der Waals surface area (Å²) in [5, 5.41) is 9.77. The van der Waals surface area contributed by atoms with Crippen LogP contribution in [0, 0.1) is 11.3 Å². The van der Waals surface area contributed by atoms with Gasteiger partial charge in [-0.05, 0) is 37.0 Å². The number of fused-ring (bicyclic) bond motifs is 1. The smallest absolute Gasteiger partial charge is 0.311 e. The Bertz CT molecular complexity index is 685. The van der Waals surface area contributed by atoms with Gasteiger partial charge < -0.3 is 14.7 Å². The molecule has 0 unspecified atom stereocenters. The van der Waals surface area contributed by atoms with Crippen molar-refractivity contribution in [2.75, 3.05) is 26.3 Å². The molecule has 0 bridgehead atoms. The van der Waals surface area contributed by atoms with Crippen molar-refractivity contribution < 1.29 is 19.4 Å². The number of benzene rings is 1. The lowest BCUT2D eigenvalue weighted by Crippen LogP contribution is -2.45. The normalized spacial score (nSPS) is 30.7. The van der Waals surface area contributed by atoms with Crippen molar-refractivity contribution in [3.63, 3.8) is 0 Å². The molecule has 1 aromatic carbocycles. The zero-order valence-corrected chi connectivity index (χ0v) is 14.9. The number of nitrogens with zero attached hydrogens (tertiary/aromatic N) is 1. The largest absolute Gasteiger partial charge is 0.481 e. The number of carboxylic acids is 1. The molecule has 1 saturated carbocycles. The van der Waals surface area contributed by atoms with Gasteiger partial charge in [0.2, 0.25) is 5.91 Å². The van der Waals surface area contributed by atoms with Crippen LogP contribution in [0.2, 0.25) is 0 Å². The van der Waals surface area contributed by atoms with Gasteiger partial charge in [-0.1, -0.05) is 28.1 Å². The summed E-state index contributed by atoms with van der Waals surface area (Å²) in [5.41, 5.74) is -0.246. The van der Waals surface area contributed by atoms with Gasteiger partial charge >= 0.3 is 5.97 Å². The Kier molecular flexibility index (Phi) is 3.73. The molecule has 2 aliphatic heterocycles. The highest BCUT2D eigenvalue weighted by Crippen LogP contribution is 2.52. The summed E-state index contributed by atoms with van der Waals surface area (Å²) in [5.74, 6) is -0.812. The monoisotopic (exact) mass is 393 g/mol. The Morgan fingerprint density at radius 1 is 1.21 bits per heavy atom. The third-order valence-electron chi connectivity index (χ3n) is 5.98. The Labute approximate surface area is 149 Å². The van der Waals surface area contributed by atoms with E-state index in [0.29, 0.717) is 32.7 Å². The lowest BCUT2D eigenvalue weighted by molar-refractivity contribution is -0.157. The third kappa shape index (κ3) is 2.30. The molecule has 1 aliphatic carbocycles. The van der Waals surface area contributed by atoms with Gasteiger partial charge in [-0.2, -0.15) is 0 Å². The van der Waals surface area contributed by atoms with Gasteiger partial charge in [0.25, 0.3) is 0 Å². The average Bonchev–Trinajstić information content (AvgIpc) is 3.28. The van der Waals surface area contributed by atoms with Crippen molar-refractivity contribution in [3.05, 3.63) is 34.3 Å². The molecule has 2 saturated heterocycles. The van der Waals surface area contributed by atoms with Crippen LogP contribution in [0.3, 0.4) is 0 Å². The van der Waals surface area contributed by atoms with E-state index in [1.807, 2.05) is 24.3 Å². The van der Waals surface area contributed by atoms with E-state index in [-0.39, 0.29) is 11.8 Å². The van der Waals surface area contributed by atoms with Crippen molar-refractivity contribution in [2.45, 2.75) is 24.7 Å². The predicted molar refractivity (Wildman–Crippen MR) is 90.6 cm³/mol. The molecule has 3 aliphatic rings. The van der Waals surface area contributed by atoms with E-state index in [1.54, 1.807) is 4.90 Å². The van der Waals surface area contributed by atoms with E-state index < -0.39 is 16.8 Å². The van der Waals surface area contributed by atoms with Crippen LogP contribution in [0.25, 0.3) is 0 Å². The summed E-state index contributed by atoms with van der Waals surface area (Å²) >= 11 is 3.43. The molecule has 3 fully saturated rings. The summed E-state index contributed by atoms with van der Waals surface area (Å²) in [6.07, 6.45) is 2.17. The van der Waals surface area contributed by atoms with Crippen molar-refractivity contribution >= 4 is 27.8 Å². The van der Waals surface area contributed by atoms with Gasteiger partial charge in [0.1, 0.15) is 0 Å². The van der Waals surface area contributed by atoms with Crippen molar-refractivity contribution in [3.8, 4) is 0 Å². The highest BCUT2D eigenvalue weighted by atomic mass is 79.9. The van der Waals surface area contributed by atoms with E-state index >= 15 is 0 Å². The van der Waals surface area contributed by atoms with E-state index in [4.69, 9.17) is 4.74 Å². The van der Waals surface area contributed by atoms with E-state index in [9.17, 15) is 14.7 Å². The number of hydrogen-bond acceptors (Lipinski definition) is 3. The fraction of sp³-hybridized carbons (Fsp3) is 0.556. The number of carboxylic acid groups (broad SMARTS) is 1. The molecule has 0 spiro atoms. The molecule has 2 atom stereocenters. The molecule has 1 N–H and O–H groups in total. The molecule has 4 rings (SSSR count). The van der Waals surface area contributed by atoms with Crippen LogP contribution >= 0.6 is 15.9 Å². The second-order valence-electron chi connectivity index (χ2n) is 7.26. The van der Waals surface area contributed by atoms with Crippen LogP contribution in [0.5, 0.6) is 0 Å². The van der Waals surface area contributed by atoms with Crippen LogP contribution < -0.4 is 0 Å². The second-order valence-corrected chi connectivity index (χ2v) is 8.17. The summed E-state index contributed by atoms with van der Waals surface area (Å²) in [4.78, 5) is 26.9. The van der Waals surface area contributed by atoms with Gasteiger partial charge in [0.05, 0.1) is 17.4 Å². The van der Waals surface area contributed by atoms with Crippen molar-refractivity contribution in [1.29, 1.82) is 0 Å². The molecule has 128 valence electrons. The van der Waals surface area contributed by atoms with Crippen LogP contribution in [-0.4, -0.2) is 48.2 Å². The van der Waals surface area contributed by atoms with E-state index in [2.05, 4.69) is 15.9 Å².